The maximum Gasteiger partial charge on any atom is 0.312 e. The van der Waals surface area contributed by atoms with Crippen LogP contribution in [0.4, 0.5) is 0 Å². The summed E-state index contributed by atoms with van der Waals surface area (Å²) in [5.74, 6) is -0.381. The van der Waals surface area contributed by atoms with Gasteiger partial charge in [-0.05, 0) is 25.3 Å². The Labute approximate surface area is 96.9 Å². The van der Waals surface area contributed by atoms with Gasteiger partial charge in [-0.2, -0.15) is 0 Å². The highest BCUT2D eigenvalue weighted by Gasteiger charge is 2.19. The van der Waals surface area contributed by atoms with Gasteiger partial charge in [-0.1, -0.05) is 42.5 Å². The maximum atomic E-state index is 11.5. The Morgan fingerprint density at radius 1 is 1.38 bits per heavy atom. The van der Waals surface area contributed by atoms with Gasteiger partial charge >= 0.3 is 5.97 Å². The number of methoxy groups -OCH3 is 1. The fourth-order valence-electron chi connectivity index (χ4n) is 1.66. The molecule has 1 atom stereocenters. The summed E-state index contributed by atoms with van der Waals surface area (Å²) < 4.78 is 4.76. The number of carbonyl (C=O) groups excluding carboxylic acids is 1. The molecule has 0 saturated heterocycles. The lowest BCUT2D eigenvalue weighted by Crippen LogP contribution is -2.17. The molecule has 0 aliphatic heterocycles. The first kappa shape index (κ1) is 12.5. The van der Waals surface area contributed by atoms with E-state index in [9.17, 15) is 4.79 Å². The average molecular weight is 218 g/mol. The van der Waals surface area contributed by atoms with Crippen LogP contribution in [0.15, 0.2) is 42.5 Å². The molecule has 0 radical (unpaired) electrons. The summed E-state index contributed by atoms with van der Waals surface area (Å²) in [5, 5.41) is 0. The van der Waals surface area contributed by atoms with Gasteiger partial charge in [0, 0.05) is 0 Å². The maximum absolute atomic E-state index is 11.5. The molecule has 86 valence electrons. The molecular formula is C14H18O2. The first-order chi connectivity index (χ1) is 7.65. The number of hydrogen-bond acceptors (Lipinski definition) is 2. The van der Waals surface area contributed by atoms with Gasteiger partial charge in [0.1, 0.15) is 0 Å². The fraction of sp³-hybridized carbons (Fsp3) is 0.357. The molecule has 0 unspecified atom stereocenters. The molecule has 0 N–H and O–H groups in total. The minimum atomic E-state index is -0.191. The van der Waals surface area contributed by atoms with Gasteiger partial charge in [0.2, 0.25) is 0 Å². The topological polar surface area (TPSA) is 26.3 Å². The molecule has 0 heterocycles. The van der Waals surface area contributed by atoms with Gasteiger partial charge < -0.3 is 4.74 Å². The van der Waals surface area contributed by atoms with Crippen LogP contribution in [0.25, 0.3) is 0 Å². The van der Waals surface area contributed by atoms with Crippen molar-refractivity contribution < 1.29 is 9.53 Å². The van der Waals surface area contributed by atoms with Gasteiger partial charge in [0.05, 0.1) is 13.0 Å². The van der Waals surface area contributed by atoms with E-state index in [1.54, 1.807) is 0 Å². The molecule has 0 aliphatic rings. The molecule has 1 aromatic rings. The zero-order valence-corrected chi connectivity index (χ0v) is 9.90. The predicted octanol–water partition coefficient (Wildman–Crippen LogP) is 2.98. The molecule has 0 amide bonds. The summed E-state index contributed by atoms with van der Waals surface area (Å²) in [6.07, 6.45) is 1.62. The van der Waals surface area contributed by atoms with Crippen LogP contribution in [0.3, 0.4) is 0 Å². The van der Waals surface area contributed by atoms with Crippen molar-refractivity contribution in [3.05, 3.63) is 48.0 Å². The minimum absolute atomic E-state index is 0.190. The van der Waals surface area contributed by atoms with Gasteiger partial charge in [0.15, 0.2) is 0 Å². The Bertz CT molecular complexity index is 354. The molecule has 0 bridgehead atoms. The third kappa shape index (κ3) is 3.54. The van der Waals surface area contributed by atoms with E-state index in [4.69, 9.17) is 4.74 Å². The average Bonchev–Trinajstić information content (AvgIpc) is 2.30. The molecule has 0 aromatic heterocycles. The lowest BCUT2D eigenvalue weighted by Gasteiger charge is -2.14. The van der Waals surface area contributed by atoms with Crippen molar-refractivity contribution in [1.29, 1.82) is 0 Å². The highest BCUT2D eigenvalue weighted by Crippen LogP contribution is 2.17. The standard InChI is InChI=1S/C14H18O2/c1-11(2)13(14(15)16-3)10-9-12-7-5-4-6-8-12/h4-8,13H,1,9-10H2,2-3H3/t13-/m1/s1. The summed E-state index contributed by atoms with van der Waals surface area (Å²) in [4.78, 5) is 11.5. The lowest BCUT2D eigenvalue weighted by molar-refractivity contribution is -0.144. The third-order valence-corrected chi connectivity index (χ3v) is 2.65. The van der Waals surface area contributed by atoms with Crippen molar-refractivity contribution in [3.63, 3.8) is 0 Å². The smallest absolute Gasteiger partial charge is 0.312 e. The van der Waals surface area contributed by atoms with Gasteiger partial charge in [-0.25, -0.2) is 0 Å². The Morgan fingerprint density at radius 3 is 2.50 bits per heavy atom. The monoisotopic (exact) mass is 218 g/mol. The Balaban J connectivity index is 2.57. The van der Waals surface area contributed by atoms with Crippen LogP contribution >= 0.6 is 0 Å². The quantitative estimate of drug-likeness (QED) is 0.561. The molecule has 1 rings (SSSR count). The van der Waals surface area contributed by atoms with E-state index in [2.05, 4.69) is 18.7 Å². The second-order valence-corrected chi connectivity index (χ2v) is 3.95. The van der Waals surface area contributed by atoms with Crippen LogP contribution < -0.4 is 0 Å². The number of esters is 1. The van der Waals surface area contributed by atoms with Crippen molar-refractivity contribution in [2.24, 2.45) is 5.92 Å². The van der Waals surface area contributed by atoms with Crippen LogP contribution in [0, 0.1) is 5.92 Å². The number of aryl methyl sites for hydroxylation is 1. The number of benzene rings is 1. The van der Waals surface area contributed by atoms with E-state index in [0.29, 0.717) is 0 Å². The van der Waals surface area contributed by atoms with Crippen molar-refractivity contribution in [1.82, 2.24) is 0 Å². The SMILES string of the molecule is C=C(C)[C@@H](CCc1ccccc1)C(=O)OC. The Kier molecular flexibility index (Phi) is 4.77. The number of ether oxygens (including phenoxy) is 1. The largest absolute Gasteiger partial charge is 0.469 e. The first-order valence-electron chi connectivity index (χ1n) is 5.42. The highest BCUT2D eigenvalue weighted by atomic mass is 16.5. The van der Waals surface area contributed by atoms with E-state index in [0.717, 1.165) is 18.4 Å². The van der Waals surface area contributed by atoms with Crippen LogP contribution in [0.1, 0.15) is 18.9 Å². The number of carbonyl (C=O) groups is 1. The second kappa shape index (κ2) is 6.11. The fourth-order valence-corrected chi connectivity index (χ4v) is 1.66. The van der Waals surface area contributed by atoms with E-state index in [1.807, 2.05) is 25.1 Å². The number of hydrogen-bond donors (Lipinski definition) is 0. The molecule has 0 fully saturated rings. The molecular weight excluding hydrogens is 200 g/mol. The number of rotatable bonds is 5. The van der Waals surface area contributed by atoms with Crippen molar-refractivity contribution in [2.45, 2.75) is 19.8 Å². The lowest BCUT2D eigenvalue weighted by atomic mass is 9.94. The zero-order chi connectivity index (χ0) is 12.0. The summed E-state index contributed by atoms with van der Waals surface area (Å²) in [5.41, 5.74) is 2.10. The summed E-state index contributed by atoms with van der Waals surface area (Å²) >= 11 is 0. The van der Waals surface area contributed by atoms with Crippen LogP contribution in [0.5, 0.6) is 0 Å². The van der Waals surface area contributed by atoms with Crippen LogP contribution in [-0.2, 0) is 16.0 Å². The van der Waals surface area contributed by atoms with Crippen LogP contribution in [-0.4, -0.2) is 13.1 Å². The van der Waals surface area contributed by atoms with Crippen molar-refractivity contribution in [3.8, 4) is 0 Å². The van der Waals surface area contributed by atoms with E-state index >= 15 is 0 Å². The Morgan fingerprint density at radius 2 is 2.00 bits per heavy atom. The molecule has 0 saturated carbocycles. The summed E-state index contributed by atoms with van der Waals surface area (Å²) in [6.45, 7) is 5.70. The van der Waals surface area contributed by atoms with Gasteiger partial charge in [0.25, 0.3) is 0 Å². The molecule has 2 nitrogen and oxygen atoms in total. The highest BCUT2D eigenvalue weighted by molar-refractivity contribution is 5.75. The molecule has 16 heavy (non-hydrogen) atoms. The van der Waals surface area contributed by atoms with E-state index in [1.165, 1.54) is 12.7 Å². The normalized spacial score (nSPS) is 11.9. The third-order valence-electron chi connectivity index (χ3n) is 2.65. The molecule has 0 aliphatic carbocycles. The minimum Gasteiger partial charge on any atom is -0.469 e. The molecule has 1 aromatic carbocycles. The second-order valence-electron chi connectivity index (χ2n) is 3.95. The predicted molar refractivity (Wildman–Crippen MR) is 65.1 cm³/mol. The van der Waals surface area contributed by atoms with E-state index < -0.39 is 0 Å². The summed E-state index contributed by atoms with van der Waals surface area (Å²) in [6, 6.07) is 10.1. The zero-order valence-electron chi connectivity index (χ0n) is 9.90. The van der Waals surface area contributed by atoms with Gasteiger partial charge in [-0.3, -0.25) is 4.79 Å². The van der Waals surface area contributed by atoms with Gasteiger partial charge in [-0.15, -0.1) is 0 Å². The van der Waals surface area contributed by atoms with Crippen molar-refractivity contribution >= 4 is 5.97 Å². The molecule has 0 spiro atoms. The molecule has 2 heteroatoms. The Hall–Kier alpha value is -1.57. The van der Waals surface area contributed by atoms with Crippen molar-refractivity contribution in [2.75, 3.05) is 7.11 Å². The van der Waals surface area contributed by atoms with E-state index in [-0.39, 0.29) is 11.9 Å². The van der Waals surface area contributed by atoms with Crippen LogP contribution in [0.2, 0.25) is 0 Å². The first-order valence-corrected chi connectivity index (χ1v) is 5.42. The summed E-state index contributed by atoms with van der Waals surface area (Å²) in [7, 11) is 1.42.